The van der Waals surface area contributed by atoms with E-state index in [9.17, 15) is 9.59 Å². The predicted molar refractivity (Wildman–Crippen MR) is 94.8 cm³/mol. The number of rotatable bonds is 2. The summed E-state index contributed by atoms with van der Waals surface area (Å²) in [5.41, 5.74) is -0.0327. The van der Waals surface area contributed by atoms with E-state index in [1.54, 1.807) is 23.1 Å². The molecule has 0 aromatic heterocycles. The number of piperidine rings is 1. The van der Waals surface area contributed by atoms with Gasteiger partial charge in [0.05, 0.1) is 10.0 Å². The summed E-state index contributed by atoms with van der Waals surface area (Å²) in [5.74, 6) is -0.190. The van der Waals surface area contributed by atoms with E-state index in [-0.39, 0.29) is 18.0 Å². The Hall–Kier alpha value is -1.46. The summed E-state index contributed by atoms with van der Waals surface area (Å²) in [6, 6.07) is 4.81. The van der Waals surface area contributed by atoms with Crippen molar-refractivity contribution in [2.24, 2.45) is 0 Å². The highest BCUT2D eigenvalue weighted by Gasteiger charge is 2.27. The van der Waals surface area contributed by atoms with E-state index in [1.807, 2.05) is 20.8 Å². The van der Waals surface area contributed by atoms with Gasteiger partial charge in [-0.05, 0) is 51.8 Å². The molecule has 1 aliphatic rings. The van der Waals surface area contributed by atoms with E-state index < -0.39 is 5.60 Å². The van der Waals surface area contributed by atoms with Crippen molar-refractivity contribution in [3.63, 3.8) is 0 Å². The van der Waals surface area contributed by atoms with Crippen molar-refractivity contribution in [2.45, 2.75) is 45.3 Å². The van der Waals surface area contributed by atoms with E-state index >= 15 is 0 Å². The third kappa shape index (κ3) is 5.28. The lowest BCUT2D eigenvalue weighted by Gasteiger charge is -2.33. The van der Waals surface area contributed by atoms with Gasteiger partial charge in [0.15, 0.2) is 0 Å². The first-order valence-corrected chi connectivity index (χ1v) is 8.65. The predicted octanol–water partition coefficient (Wildman–Crippen LogP) is 4.12. The first kappa shape index (κ1) is 18.9. The van der Waals surface area contributed by atoms with E-state index in [0.29, 0.717) is 41.5 Å². The first-order chi connectivity index (χ1) is 11.2. The zero-order valence-electron chi connectivity index (χ0n) is 14.1. The first-order valence-electron chi connectivity index (χ1n) is 7.89. The number of hydrogen-bond donors (Lipinski definition) is 1. The molecule has 1 aromatic carbocycles. The summed E-state index contributed by atoms with van der Waals surface area (Å²) in [7, 11) is 0. The molecule has 5 nitrogen and oxygen atoms in total. The number of nitrogens with zero attached hydrogens (tertiary/aromatic N) is 1. The molecule has 1 aliphatic heterocycles. The number of hydrogen-bond acceptors (Lipinski definition) is 3. The van der Waals surface area contributed by atoms with Crippen LogP contribution in [0, 0.1) is 0 Å². The summed E-state index contributed by atoms with van der Waals surface area (Å²) in [6.45, 7) is 6.64. The second kappa shape index (κ2) is 7.62. The molecule has 7 heteroatoms. The van der Waals surface area contributed by atoms with Crippen molar-refractivity contribution in [1.82, 2.24) is 10.2 Å². The van der Waals surface area contributed by atoms with Gasteiger partial charge in [-0.25, -0.2) is 4.79 Å². The monoisotopic (exact) mass is 372 g/mol. The SMILES string of the molecule is CC(C)(C)OC(=O)N1CCC(NC(=O)c2ccc(Cl)c(Cl)c2)CC1. The summed E-state index contributed by atoms with van der Waals surface area (Å²) in [4.78, 5) is 26.0. The molecule has 0 aliphatic carbocycles. The maximum Gasteiger partial charge on any atom is 0.410 e. The summed E-state index contributed by atoms with van der Waals surface area (Å²) >= 11 is 11.8. The molecule has 0 unspecified atom stereocenters. The van der Waals surface area contributed by atoms with Crippen molar-refractivity contribution in [2.75, 3.05) is 13.1 Å². The van der Waals surface area contributed by atoms with Crippen LogP contribution >= 0.6 is 23.2 Å². The van der Waals surface area contributed by atoms with Gasteiger partial charge in [0.2, 0.25) is 0 Å². The highest BCUT2D eigenvalue weighted by molar-refractivity contribution is 6.42. The largest absolute Gasteiger partial charge is 0.444 e. The van der Waals surface area contributed by atoms with Gasteiger partial charge in [-0.3, -0.25) is 4.79 Å². The molecule has 132 valence electrons. The van der Waals surface area contributed by atoms with Crippen LogP contribution < -0.4 is 5.32 Å². The van der Waals surface area contributed by atoms with Crippen molar-refractivity contribution in [3.05, 3.63) is 33.8 Å². The third-order valence-electron chi connectivity index (χ3n) is 3.66. The van der Waals surface area contributed by atoms with Gasteiger partial charge in [0.25, 0.3) is 5.91 Å². The second-order valence-electron chi connectivity index (χ2n) is 6.84. The topological polar surface area (TPSA) is 58.6 Å². The van der Waals surface area contributed by atoms with Crippen molar-refractivity contribution in [3.8, 4) is 0 Å². The summed E-state index contributed by atoms with van der Waals surface area (Å²) in [5, 5.41) is 3.74. The minimum Gasteiger partial charge on any atom is -0.444 e. The van der Waals surface area contributed by atoms with Gasteiger partial charge >= 0.3 is 6.09 Å². The Morgan fingerprint density at radius 2 is 1.79 bits per heavy atom. The van der Waals surface area contributed by atoms with Crippen LogP contribution in [0.1, 0.15) is 44.0 Å². The van der Waals surface area contributed by atoms with Crippen LogP contribution in [0.25, 0.3) is 0 Å². The maximum absolute atomic E-state index is 12.3. The van der Waals surface area contributed by atoms with Crippen molar-refractivity contribution in [1.29, 1.82) is 0 Å². The van der Waals surface area contributed by atoms with E-state index in [4.69, 9.17) is 27.9 Å². The number of carbonyl (C=O) groups is 2. The number of amides is 2. The minimum atomic E-state index is -0.504. The van der Waals surface area contributed by atoms with Crippen LogP contribution in [-0.4, -0.2) is 41.6 Å². The number of nitrogens with one attached hydrogen (secondary N) is 1. The number of benzene rings is 1. The third-order valence-corrected chi connectivity index (χ3v) is 4.40. The number of carbonyl (C=O) groups excluding carboxylic acids is 2. The lowest BCUT2D eigenvalue weighted by molar-refractivity contribution is 0.0199. The molecule has 0 saturated carbocycles. The lowest BCUT2D eigenvalue weighted by atomic mass is 10.0. The van der Waals surface area contributed by atoms with Gasteiger partial charge in [-0.1, -0.05) is 23.2 Å². The molecule has 2 amide bonds. The standard InChI is InChI=1S/C17H22Cl2N2O3/c1-17(2,3)24-16(23)21-8-6-12(7-9-21)20-15(22)11-4-5-13(18)14(19)10-11/h4-5,10,12H,6-9H2,1-3H3,(H,20,22). The van der Waals surface area contributed by atoms with Crippen LogP contribution in [0.2, 0.25) is 10.0 Å². The van der Waals surface area contributed by atoms with E-state index in [1.165, 1.54) is 0 Å². The highest BCUT2D eigenvalue weighted by atomic mass is 35.5. The van der Waals surface area contributed by atoms with E-state index in [0.717, 1.165) is 0 Å². The van der Waals surface area contributed by atoms with Crippen LogP contribution in [0.4, 0.5) is 4.79 Å². The zero-order valence-corrected chi connectivity index (χ0v) is 15.6. The number of halogens is 2. The van der Waals surface area contributed by atoms with Gasteiger partial charge < -0.3 is 15.0 Å². The molecule has 1 fully saturated rings. The fourth-order valence-electron chi connectivity index (χ4n) is 2.44. The maximum atomic E-state index is 12.3. The number of ether oxygens (including phenoxy) is 1. The smallest absolute Gasteiger partial charge is 0.410 e. The molecule has 24 heavy (non-hydrogen) atoms. The number of likely N-dealkylation sites (tertiary alicyclic amines) is 1. The molecule has 0 bridgehead atoms. The van der Waals surface area contributed by atoms with Gasteiger partial charge in [0.1, 0.15) is 5.60 Å². The second-order valence-corrected chi connectivity index (χ2v) is 7.66. The highest BCUT2D eigenvalue weighted by Crippen LogP contribution is 2.23. The average Bonchev–Trinajstić information content (AvgIpc) is 2.49. The molecule has 1 N–H and O–H groups in total. The Balaban J connectivity index is 1.85. The Bertz CT molecular complexity index is 621. The normalized spacial score (nSPS) is 16.0. The van der Waals surface area contributed by atoms with Crippen molar-refractivity contribution < 1.29 is 14.3 Å². The van der Waals surface area contributed by atoms with Crippen LogP contribution in [0.15, 0.2) is 18.2 Å². The van der Waals surface area contributed by atoms with Crippen molar-refractivity contribution >= 4 is 35.2 Å². The van der Waals surface area contributed by atoms with Gasteiger partial charge in [-0.15, -0.1) is 0 Å². The molecule has 0 radical (unpaired) electrons. The van der Waals surface area contributed by atoms with Gasteiger partial charge in [-0.2, -0.15) is 0 Å². The molecule has 0 atom stereocenters. The lowest BCUT2D eigenvalue weighted by Crippen LogP contribution is -2.47. The van der Waals surface area contributed by atoms with Crippen LogP contribution in [0.5, 0.6) is 0 Å². The summed E-state index contributed by atoms with van der Waals surface area (Å²) in [6.07, 6.45) is 1.07. The Kier molecular flexibility index (Phi) is 5.99. The van der Waals surface area contributed by atoms with E-state index in [2.05, 4.69) is 5.32 Å². The molecular weight excluding hydrogens is 351 g/mol. The molecule has 1 heterocycles. The summed E-state index contributed by atoms with van der Waals surface area (Å²) < 4.78 is 5.36. The minimum absolute atomic E-state index is 0.0191. The molecule has 0 spiro atoms. The molecule has 1 aromatic rings. The van der Waals surface area contributed by atoms with Crippen LogP contribution in [0.3, 0.4) is 0 Å². The van der Waals surface area contributed by atoms with Gasteiger partial charge in [0, 0.05) is 24.7 Å². The Morgan fingerprint density at radius 3 is 2.33 bits per heavy atom. The Labute approximate surface area is 152 Å². The average molecular weight is 373 g/mol. The fraction of sp³-hybridized carbons (Fsp3) is 0.529. The fourth-order valence-corrected chi connectivity index (χ4v) is 2.74. The zero-order chi connectivity index (χ0) is 17.9. The molecule has 1 saturated heterocycles. The molecular formula is C17H22Cl2N2O3. The quantitative estimate of drug-likeness (QED) is 0.848. The Morgan fingerprint density at radius 1 is 1.17 bits per heavy atom. The molecule has 2 rings (SSSR count). The van der Waals surface area contributed by atoms with Crippen LogP contribution in [-0.2, 0) is 4.74 Å².